The van der Waals surface area contributed by atoms with Crippen molar-refractivity contribution in [3.05, 3.63) is 34.3 Å². The van der Waals surface area contributed by atoms with Crippen LogP contribution in [0.4, 0.5) is 4.79 Å². The zero-order valence-electron chi connectivity index (χ0n) is 12.2. The maximum absolute atomic E-state index is 12.3. The largest absolute Gasteiger partial charge is 0.329 e. The van der Waals surface area contributed by atoms with Crippen LogP contribution in [-0.4, -0.2) is 22.2 Å². The monoisotopic (exact) mass is 299 g/mol. The lowest BCUT2D eigenvalue weighted by Gasteiger charge is -2.30. The second-order valence-corrected chi connectivity index (χ2v) is 6.58. The molecule has 0 aliphatic heterocycles. The minimum Gasteiger partial charge on any atom is -0.329 e. The Morgan fingerprint density at radius 1 is 1.26 bits per heavy atom. The van der Waals surface area contributed by atoms with E-state index in [-0.39, 0.29) is 17.3 Å². The van der Waals surface area contributed by atoms with Crippen LogP contribution < -0.4 is 0 Å². The van der Waals surface area contributed by atoms with Crippen molar-refractivity contribution in [2.24, 2.45) is 0 Å². The van der Waals surface area contributed by atoms with Crippen molar-refractivity contribution in [2.45, 2.75) is 52.5 Å². The summed E-state index contributed by atoms with van der Waals surface area (Å²) in [7, 11) is 0. The summed E-state index contributed by atoms with van der Waals surface area (Å²) in [6, 6.07) is 6.25. The van der Waals surface area contributed by atoms with Gasteiger partial charge in [-0.25, -0.2) is 0 Å². The fourth-order valence-corrected chi connectivity index (χ4v) is 3.38. The quantitative estimate of drug-likeness (QED) is 0.769. The van der Waals surface area contributed by atoms with Gasteiger partial charge in [0.2, 0.25) is 0 Å². The minimum absolute atomic E-state index is 0.129. The van der Waals surface area contributed by atoms with E-state index in [4.69, 9.17) is 11.6 Å². The van der Waals surface area contributed by atoms with E-state index in [1.165, 1.54) is 17.3 Å². The molecule has 19 heavy (non-hydrogen) atoms. The smallest absolute Gasteiger partial charge is 0.282 e. The van der Waals surface area contributed by atoms with E-state index in [1.54, 1.807) is 0 Å². The highest BCUT2D eigenvalue weighted by atomic mass is 35.5. The lowest BCUT2D eigenvalue weighted by Crippen LogP contribution is -2.39. The van der Waals surface area contributed by atoms with E-state index in [0.29, 0.717) is 5.75 Å². The highest BCUT2D eigenvalue weighted by Gasteiger charge is 2.20. The van der Waals surface area contributed by atoms with Crippen LogP contribution >= 0.6 is 23.4 Å². The normalized spacial score (nSPS) is 11.2. The number of carbonyl (C=O) groups is 1. The van der Waals surface area contributed by atoms with E-state index in [9.17, 15) is 4.79 Å². The number of hydrogen-bond donors (Lipinski definition) is 0. The van der Waals surface area contributed by atoms with Gasteiger partial charge in [0.25, 0.3) is 5.24 Å². The van der Waals surface area contributed by atoms with E-state index in [1.807, 2.05) is 57.7 Å². The van der Waals surface area contributed by atoms with Crippen molar-refractivity contribution in [2.75, 3.05) is 0 Å². The van der Waals surface area contributed by atoms with Gasteiger partial charge < -0.3 is 4.90 Å². The molecule has 0 spiro atoms. The summed E-state index contributed by atoms with van der Waals surface area (Å²) >= 11 is 7.34. The first kappa shape index (κ1) is 16.4. The molecule has 0 fully saturated rings. The molecule has 1 aromatic rings. The molecule has 0 unspecified atom stereocenters. The fourth-order valence-electron chi connectivity index (χ4n) is 2.03. The van der Waals surface area contributed by atoms with Gasteiger partial charge in [0.05, 0.1) is 0 Å². The van der Waals surface area contributed by atoms with Gasteiger partial charge in [-0.3, -0.25) is 4.79 Å². The topological polar surface area (TPSA) is 20.3 Å². The summed E-state index contributed by atoms with van der Waals surface area (Å²) in [4.78, 5) is 14.2. The van der Waals surface area contributed by atoms with Gasteiger partial charge in [0.15, 0.2) is 0 Å². The number of thioether (sulfide) groups is 1. The lowest BCUT2D eigenvalue weighted by atomic mass is 10.1. The molecule has 0 saturated carbocycles. The van der Waals surface area contributed by atoms with Gasteiger partial charge in [0, 0.05) is 22.9 Å². The number of nitrogens with zero attached hydrogens (tertiary/aromatic N) is 1. The molecule has 0 radical (unpaired) electrons. The standard InChI is InChI=1S/C15H22ClNOS/c1-10(2)17(11(3)4)15(18)19-9-13-8-14(16)7-6-12(13)5/h6-8,10-11H,9H2,1-5H3. The Bertz CT molecular complexity index is 438. The Morgan fingerprint density at radius 2 is 1.84 bits per heavy atom. The van der Waals surface area contributed by atoms with E-state index >= 15 is 0 Å². The first-order valence-corrected chi connectivity index (χ1v) is 7.89. The summed E-state index contributed by atoms with van der Waals surface area (Å²) in [6.45, 7) is 10.2. The van der Waals surface area contributed by atoms with Gasteiger partial charge in [0.1, 0.15) is 0 Å². The predicted molar refractivity (Wildman–Crippen MR) is 85.0 cm³/mol. The molecule has 0 N–H and O–H groups in total. The molecule has 1 aromatic carbocycles. The van der Waals surface area contributed by atoms with Crippen molar-refractivity contribution in [1.82, 2.24) is 4.90 Å². The van der Waals surface area contributed by atoms with Gasteiger partial charge >= 0.3 is 0 Å². The predicted octanol–water partition coefficient (Wildman–Crippen LogP) is 5.12. The Kier molecular flexibility index (Phi) is 6.21. The van der Waals surface area contributed by atoms with Crippen molar-refractivity contribution in [1.29, 1.82) is 0 Å². The lowest BCUT2D eigenvalue weighted by molar-refractivity contribution is 0.190. The molecule has 0 atom stereocenters. The summed E-state index contributed by atoms with van der Waals surface area (Å²) < 4.78 is 0. The minimum atomic E-state index is 0.129. The zero-order chi connectivity index (χ0) is 14.6. The second kappa shape index (κ2) is 7.20. The zero-order valence-corrected chi connectivity index (χ0v) is 13.8. The highest BCUT2D eigenvalue weighted by Crippen LogP contribution is 2.23. The number of aryl methyl sites for hydroxylation is 1. The van der Waals surface area contributed by atoms with Crippen molar-refractivity contribution >= 4 is 28.6 Å². The van der Waals surface area contributed by atoms with Gasteiger partial charge in [-0.05, 0) is 57.9 Å². The molecule has 0 bridgehead atoms. The Hall–Kier alpha value is -0.670. The van der Waals surface area contributed by atoms with Gasteiger partial charge in [-0.1, -0.05) is 29.4 Å². The third-order valence-corrected chi connectivity index (χ3v) is 4.13. The third kappa shape index (κ3) is 4.73. The molecule has 0 heterocycles. The average molecular weight is 300 g/mol. The Balaban J connectivity index is 2.70. The Morgan fingerprint density at radius 3 is 2.37 bits per heavy atom. The fraction of sp³-hybridized carbons (Fsp3) is 0.533. The Labute approximate surface area is 125 Å². The van der Waals surface area contributed by atoms with E-state index in [0.717, 1.165) is 10.6 Å². The maximum atomic E-state index is 12.3. The molecule has 0 aromatic heterocycles. The first-order chi connectivity index (χ1) is 8.82. The maximum Gasteiger partial charge on any atom is 0.282 e. The van der Waals surface area contributed by atoms with Crippen LogP contribution in [0.5, 0.6) is 0 Å². The van der Waals surface area contributed by atoms with Crippen molar-refractivity contribution in [3.8, 4) is 0 Å². The molecular formula is C15H22ClNOS. The molecule has 1 amide bonds. The molecule has 106 valence electrons. The van der Waals surface area contributed by atoms with Crippen molar-refractivity contribution in [3.63, 3.8) is 0 Å². The van der Waals surface area contributed by atoms with Gasteiger partial charge in [-0.15, -0.1) is 0 Å². The summed E-state index contributed by atoms with van der Waals surface area (Å²) in [5.74, 6) is 0.668. The summed E-state index contributed by atoms with van der Waals surface area (Å²) in [6.07, 6.45) is 0. The third-order valence-electron chi connectivity index (χ3n) is 2.99. The highest BCUT2D eigenvalue weighted by molar-refractivity contribution is 8.12. The van der Waals surface area contributed by atoms with Crippen LogP contribution in [-0.2, 0) is 5.75 Å². The molecule has 4 heteroatoms. The second-order valence-electron chi connectivity index (χ2n) is 5.22. The first-order valence-electron chi connectivity index (χ1n) is 6.53. The summed E-state index contributed by atoms with van der Waals surface area (Å²) in [5.41, 5.74) is 2.30. The van der Waals surface area contributed by atoms with E-state index in [2.05, 4.69) is 0 Å². The number of carbonyl (C=O) groups excluding carboxylic acids is 1. The molecule has 1 rings (SSSR count). The molecule has 0 aliphatic rings. The number of amides is 1. The number of benzene rings is 1. The van der Waals surface area contributed by atoms with Crippen LogP contribution in [0.15, 0.2) is 18.2 Å². The van der Waals surface area contributed by atoms with Crippen LogP contribution in [0.1, 0.15) is 38.8 Å². The van der Waals surface area contributed by atoms with E-state index < -0.39 is 0 Å². The number of halogens is 1. The summed E-state index contributed by atoms with van der Waals surface area (Å²) in [5, 5.41) is 0.850. The number of rotatable bonds is 4. The average Bonchev–Trinajstić information content (AvgIpc) is 2.29. The van der Waals surface area contributed by atoms with Crippen molar-refractivity contribution < 1.29 is 4.79 Å². The van der Waals surface area contributed by atoms with Crippen LogP contribution in [0.25, 0.3) is 0 Å². The SMILES string of the molecule is Cc1ccc(Cl)cc1CSC(=O)N(C(C)C)C(C)C. The van der Waals surface area contributed by atoms with Crippen LogP contribution in [0.2, 0.25) is 5.02 Å². The van der Waals surface area contributed by atoms with Crippen LogP contribution in [0, 0.1) is 6.92 Å². The van der Waals surface area contributed by atoms with Crippen LogP contribution in [0.3, 0.4) is 0 Å². The molecular weight excluding hydrogens is 278 g/mol. The molecule has 2 nitrogen and oxygen atoms in total. The number of hydrogen-bond acceptors (Lipinski definition) is 2. The molecule has 0 saturated heterocycles. The molecule has 0 aliphatic carbocycles. The van der Waals surface area contributed by atoms with Gasteiger partial charge in [-0.2, -0.15) is 0 Å².